The summed E-state index contributed by atoms with van der Waals surface area (Å²) in [6, 6.07) is 2.76. The van der Waals surface area contributed by atoms with E-state index in [4.69, 9.17) is 4.89 Å². The minimum absolute atomic E-state index is 0.0437. The molecule has 0 saturated heterocycles. The van der Waals surface area contributed by atoms with Gasteiger partial charge in [0.25, 0.3) is 0 Å². The van der Waals surface area contributed by atoms with Gasteiger partial charge in [-0.1, -0.05) is 0 Å². The first-order chi connectivity index (χ1) is 3.79. The van der Waals surface area contributed by atoms with Crippen LogP contribution >= 0.6 is 7.76 Å². The summed E-state index contributed by atoms with van der Waals surface area (Å²) in [5.74, 6) is 3.02. The molecule has 0 radical (unpaired) electrons. The number of rotatable bonds is 0. The third-order valence-corrected chi connectivity index (χ3v) is 1.69. The lowest BCUT2D eigenvalue weighted by molar-refractivity contribution is 0.649. The molecule has 1 heterocycles. The van der Waals surface area contributed by atoms with Gasteiger partial charge in [0.05, 0.1) is 0 Å². The van der Waals surface area contributed by atoms with E-state index in [1.54, 1.807) is 0 Å². The summed E-state index contributed by atoms with van der Waals surface area (Å²) in [6.07, 6.45) is 0. The maximum Gasteiger partial charge on any atom is 0.179 e. The fourth-order valence-electron chi connectivity index (χ4n) is 0.405. The highest BCUT2D eigenvalue weighted by Gasteiger charge is 1.80. The molecular formula is C5H5O2P. The number of hydrogen-bond donors (Lipinski definition) is 1. The topological polar surface area (TPSA) is 37.3 Å². The maximum absolute atomic E-state index is 10.3. The summed E-state index contributed by atoms with van der Waals surface area (Å²) in [6.45, 7) is 0. The average Bonchev–Trinajstić information content (AvgIpc) is 1.77. The molecule has 8 heavy (non-hydrogen) atoms. The van der Waals surface area contributed by atoms with Crippen molar-refractivity contribution in [3.8, 4) is 0 Å². The molecule has 0 bridgehead atoms. The molecule has 2 nitrogen and oxygen atoms in total. The molecule has 1 N–H and O–H groups in total. The normalized spacial score (nSPS) is 9.12. The fourth-order valence-corrected chi connectivity index (χ4v) is 1.10. The molecule has 0 spiro atoms. The van der Waals surface area contributed by atoms with Crippen molar-refractivity contribution in [3.63, 3.8) is 0 Å². The minimum atomic E-state index is -1.10. The van der Waals surface area contributed by atoms with Gasteiger partial charge >= 0.3 is 0 Å². The Morgan fingerprint density at radius 1 is 1.38 bits per heavy atom. The van der Waals surface area contributed by atoms with Gasteiger partial charge in [-0.3, -0.25) is 4.79 Å². The Hall–Kier alpha value is -0.590. The van der Waals surface area contributed by atoms with Crippen LogP contribution in [0.3, 0.4) is 0 Å². The first kappa shape index (κ1) is 5.54. The van der Waals surface area contributed by atoms with E-state index in [1.807, 2.05) is 0 Å². The predicted octanol–water partition coefficient (Wildman–Crippen LogP) is 0.789. The van der Waals surface area contributed by atoms with Crippen LogP contribution in [0.5, 0.6) is 0 Å². The summed E-state index contributed by atoms with van der Waals surface area (Å²) in [4.78, 5) is 19.1. The molecule has 0 amide bonds. The highest BCUT2D eigenvalue weighted by atomic mass is 31.1. The highest BCUT2D eigenvalue weighted by Crippen LogP contribution is 2.14. The van der Waals surface area contributed by atoms with Gasteiger partial charge in [-0.05, 0) is 23.7 Å². The van der Waals surface area contributed by atoms with Gasteiger partial charge in [-0.15, -0.1) is 0 Å². The van der Waals surface area contributed by atoms with Crippen LogP contribution in [-0.4, -0.2) is 4.89 Å². The molecule has 0 aliphatic heterocycles. The second-order valence-electron chi connectivity index (χ2n) is 1.41. The van der Waals surface area contributed by atoms with E-state index >= 15 is 0 Å². The molecule has 0 unspecified atom stereocenters. The van der Waals surface area contributed by atoms with E-state index in [2.05, 4.69) is 0 Å². The van der Waals surface area contributed by atoms with Gasteiger partial charge < -0.3 is 4.89 Å². The minimum Gasteiger partial charge on any atom is -0.347 e. The molecule has 0 aliphatic carbocycles. The van der Waals surface area contributed by atoms with Crippen molar-refractivity contribution in [2.75, 3.05) is 0 Å². The van der Waals surface area contributed by atoms with E-state index < -0.39 is 7.76 Å². The van der Waals surface area contributed by atoms with E-state index in [0.717, 1.165) is 0 Å². The molecule has 1 aromatic rings. The van der Waals surface area contributed by atoms with Crippen molar-refractivity contribution in [3.05, 3.63) is 34.0 Å². The largest absolute Gasteiger partial charge is 0.347 e. The monoisotopic (exact) mass is 128 g/mol. The molecule has 0 atom stereocenters. The SMILES string of the molecule is O=c1ccp(O)cc1. The molecular weight excluding hydrogens is 123 g/mol. The Bertz CT molecular complexity index is 208. The van der Waals surface area contributed by atoms with Gasteiger partial charge in [0.15, 0.2) is 5.43 Å². The van der Waals surface area contributed by atoms with E-state index in [9.17, 15) is 4.79 Å². The highest BCUT2D eigenvalue weighted by molar-refractivity contribution is 7.42. The first-order valence-corrected chi connectivity index (χ1v) is 3.60. The van der Waals surface area contributed by atoms with E-state index in [-0.39, 0.29) is 5.43 Å². The van der Waals surface area contributed by atoms with Crippen LogP contribution in [0.1, 0.15) is 0 Å². The van der Waals surface area contributed by atoms with Crippen molar-refractivity contribution < 1.29 is 4.89 Å². The Morgan fingerprint density at radius 2 is 1.88 bits per heavy atom. The van der Waals surface area contributed by atoms with Crippen LogP contribution in [0.15, 0.2) is 28.5 Å². The summed E-state index contributed by atoms with van der Waals surface area (Å²) in [5, 5.41) is 0. The molecule has 3 heteroatoms. The second-order valence-corrected chi connectivity index (χ2v) is 2.77. The van der Waals surface area contributed by atoms with E-state index in [1.165, 1.54) is 23.7 Å². The summed E-state index contributed by atoms with van der Waals surface area (Å²) >= 11 is 0. The maximum atomic E-state index is 10.3. The Morgan fingerprint density at radius 3 is 2.25 bits per heavy atom. The third kappa shape index (κ3) is 1.19. The molecule has 0 aromatic carbocycles. The van der Waals surface area contributed by atoms with Gasteiger partial charge in [0, 0.05) is 7.76 Å². The molecule has 0 fully saturated rings. The zero-order chi connectivity index (χ0) is 5.98. The van der Waals surface area contributed by atoms with Gasteiger partial charge in [-0.25, -0.2) is 0 Å². The van der Waals surface area contributed by atoms with Crippen molar-refractivity contribution >= 4 is 7.76 Å². The Labute approximate surface area is 47.6 Å². The average molecular weight is 128 g/mol. The summed E-state index contributed by atoms with van der Waals surface area (Å²) < 4.78 is 0. The van der Waals surface area contributed by atoms with Gasteiger partial charge in [0.2, 0.25) is 0 Å². The number of hydrogen-bond acceptors (Lipinski definition) is 2. The lowest BCUT2D eigenvalue weighted by Crippen LogP contribution is -1.90. The smallest absolute Gasteiger partial charge is 0.179 e. The zero-order valence-electron chi connectivity index (χ0n) is 4.11. The molecule has 1 rings (SSSR count). The van der Waals surface area contributed by atoms with Crippen molar-refractivity contribution in [1.82, 2.24) is 0 Å². The van der Waals surface area contributed by atoms with Crippen LogP contribution < -0.4 is 5.43 Å². The third-order valence-electron chi connectivity index (χ3n) is 0.783. The lowest BCUT2D eigenvalue weighted by atomic mass is 10.6. The van der Waals surface area contributed by atoms with Crippen molar-refractivity contribution in [2.24, 2.45) is 0 Å². The van der Waals surface area contributed by atoms with Crippen molar-refractivity contribution in [1.29, 1.82) is 0 Å². The van der Waals surface area contributed by atoms with Crippen LogP contribution in [0.2, 0.25) is 0 Å². The predicted molar refractivity (Wildman–Crippen MR) is 33.0 cm³/mol. The lowest BCUT2D eigenvalue weighted by Gasteiger charge is -1.82. The van der Waals surface area contributed by atoms with Crippen LogP contribution in [-0.2, 0) is 0 Å². The molecule has 42 valence electrons. The first-order valence-electron chi connectivity index (χ1n) is 2.16. The van der Waals surface area contributed by atoms with E-state index in [0.29, 0.717) is 0 Å². The Balaban J connectivity index is 3.22. The Kier molecular flexibility index (Phi) is 1.47. The molecule has 1 aromatic heterocycles. The van der Waals surface area contributed by atoms with Crippen LogP contribution in [0.4, 0.5) is 0 Å². The van der Waals surface area contributed by atoms with Crippen LogP contribution in [0, 0.1) is 0 Å². The quantitative estimate of drug-likeness (QED) is 0.560. The summed E-state index contributed by atoms with van der Waals surface area (Å²) in [7, 11) is -1.10. The fraction of sp³-hybridized carbons (Fsp3) is 0. The second kappa shape index (κ2) is 2.12. The van der Waals surface area contributed by atoms with Gasteiger partial charge in [-0.2, -0.15) is 0 Å². The summed E-state index contributed by atoms with van der Waals surface area (Å²) in [5.41, 5.74) is -0.0437. The molecule has 0 aliphatic rings. The van der Waals surface area contributed by atoms with Crippen LogP contribution in [0.25, 0.3) is 0 Å². The standard InChI is InChI=1S/C5H5O2P/c6-5-1-3-8(7)4-2-5/h1-4,7H. The molecule has 0 saturated carbocycles. The van der Waals surface area contributed by atoms with Crippen molar-refractivity contribution in [2.45, 2.75) is 0 Å². The van der Waals surface area contributed by atoms with Gasteiger partial charge in [0.1, 0.15) is 0 Å². The zero-order valence-corrected chi connectivity index (χ0v) is 5.01.